The maximum absolute atomic E-state index is 11.9. The molecule has 1 aromatic heterocycles. The van der Waals surface area contributed by atoms with Gasteiger partial charge in [0.05, 0.1) is 5.02 Å². The Kier molecular flexibility index (Phi) is 3.69. The number of nitrogens with zero attached hydrogens (tertiary/aromatic N) is 1. The monoisotopic (exact) mass is 282 g/mol. The van der Waals surface area contributed by atoms with Gasteiger partial charge >= 0.3 is 0 Å². The summed E-state index contributed by atoms with van der Waals surface area (Å²) < 4.78 is 0.517. The second-order valence-corrected chi connectivity index (χ2v) is 4.37. The number of anilines is 1. The highest BCUT2D eigenvalue weighted by atomic mass is 35.5. The van der Waals surface area contributed by atoms with Gasteiger partial charge in [-0.2, -0.15) is 4.73 Å². The van der Waals surface area contributed by atoms with Crippen molar-refractivity contribution in [1.82, 2.24) is 0 Å². The minimum Gasteiger partial charge on any atom is -0.619 e. The van der Waals surface area contributed by atoms with Crippen molar-refractivity contribution >= 4 is 34.8 Å². The van der Waals surface area contributed by atoms with Crippen molar-refractivity contribution < 1.29 is 9.52 Å². The molecule has 0 unspecified atom stereocenters. The molecule has 2 aromatic rings. The molecule has 0 saturated heterocycles. The zero-order chi connectivity index (χ0) is 13.1. The Morgan fingerprint density at radius 3 is 2.50 bits per heavy atom. The lowest BCUT2D eigenvalue weighted by atomic mass is 10.2. The van der Waals surface area contributed by atoms with Crippen molar-refractivity contribution in [1.29, 1.82) is 0 Å². The van der Waals surface area contributed by atoms with Crippen LogP contribution in [0.15, 0.2) is 42.7 Å². The van der Waals surface area contributed by atoms with Crippen LogP contribution in [-0.2, 0) is 0 Å². The second-order valence-electron chi connectivity index (χ2n) is 3.53. The van der Waals surface area contributed by atoms with E-state index in [1.165, 1.54) is 12.3 Å². The lowest BCUT2D eigenvalue weighted by Crippen LogP contribution is -2.27. The van der Waals surface area contributed by atoms with Gasteiger partial charge in [-0.05, 0) is 24.3 Å². The first-order valence-electron chi connectivity index (χ1n) is 5.01. The number of aromatic nitrogens is 1. The Morgan fingerprint density at radius 1 is 1.17 bits per heavy atom. The van der Waals surface area contributed by atoms with Crippen molar-refractivity contribution in [2.24, 2.45) is 0 Å². The van der Waals surface area contributed by atoms with Crippen LogP contribution >= 0.6 is 23.2 Å². The van der Waals surface area contributed by atoms with Crippen LogP contribution in [0.25, 0.3) is 0 Å². The number of rotatable bonds is 2. The summed E-state index contributed by atoms with van der Waals surface area (Å²) in [5.74, 6) is -0.451. The summed E-state index contributed by atoms with van der Waals surface area (Å²) in [6.07, 6.45) is 2.34. The molecular formula is C12H8Cl2N2O2. The van der Waals surface area contributed by atoms with Gasteiger partial charge in [0.2, 0.25) is 0 Å². The molecule has 0 radical (unpaired) electrons. The first-order valence-corrected chi connectivity index (χ1v) is 5.77. The SMILES string of the molecule is O=C(Nc1ccc(Cl)cc1)c1c[n+]([O-])ccc1Cl. The smallest absolute Gasteiger partial charge is 0.263 e. The molecule has 0 bridgehead atoms. The van der Waals surface area contributed by atoms with Gasteiger partial charge in [0, 0.05) is 16.8 Å². The van der Waals surface area contributed by atoms with E-state index in [2.05, 4.69) is 5.32 Å². The summed E-state index contributed by atoms with van der Waals surface area (Å²) in [4.78, 5) is 11.9. The number of amides is 1. The summed E-state index contributed by atoms with van der Waals surface area (Å²) in [5, 5.41) is 14.5. The maximum atomic E-state index is 11.9. The summed E-state index contributed by atoms with van der Waals surface area (Å²) in [5.41, 5.74) is 0.686. The van der Waals surface area contributed by atoms with E-state index >= 15 is 0 Å². The number of pyridine rings is 1. The molecule has 0 aliphatic rings. The fraction of sp³-hybridized carbons (Fsp3) is 0. The molecule has 0 aliphatic carbocycles. The molecule has 0 saturated carbocycles. The summed E-state index contributed by atoms with van der Waals surface area (Å²) in [7, 11) is 0. The number of carbonyl (C=O) groups excluding carboxylic acids is 1. The van der Waals surface area contributed by atoms with Crippen LogP contribution in [0.4, 0.5) is 5.69 Å². The summed E-state index contributed by atoms with van der Waals surface area (Å²) in [6.45, 7) is 0. The fourth-order valence-electron chi connectivity index (χ4n) is 1.36. The standard InChI is InChI=1S/C12H8Cl2N2O2/c13-8-1-3-9(4-2-8)15-12(17)10-7-16(18)6-5-11(10)14/h1-7H,(H,15,17). The van der Waals surface area contributed by atoms with E-state index in [1.54, 1.807) is 24.3 Å². The highest BCUT2D eigenvalue weighted by molar-refractivity contribution is 6.34. The molecule has 4 nitrogen and oxygen atoms in total. The topological polar surface area (TPSA) is 56.0 Å². The molecule has 1 N–H and O–H groups in total. The van der Waals surface area contributed by atoms with Crippen LogP contribution in [0, 0.1) is 5.21 Å². The van der Waals surface area contributed by atoms with Gasteiger partial charge in [0.1, 0.15) is 5.56 Å². The molecule has 0 atom stereocenters. The summed E-state index contributed by atoms with van der Waals surface area (Å²) >= 11 is 11.6. The first kappa shape index (κ1) is 12.7. The molecule has 1 heterocycles. The lowest BCUT2D eigenvalue weighted by molar-refractivity contribution is -0.605. The number of nitrogens with one attached hydrogen (secondary N) is 1. The quantitative estimate of drug-likeness (QED) is 0.680. The van der Waals surface area contributed by atoms with Crippen molar-refractivity contribution in [3.8, 4) is 0 Å². The highest BCUT2D eigenvalue weighted by Gasteiger charge is 2.14. The predicted octanol–water partition coefficient (Wildman–Crippen LogP) is 2.88. The van der Waals surface area contributed by atoms with Crippen LogP contribution in [0.2, 0.25) is 10.0 Å². The van der Waals surface area contributed by atoms with E-state index in [0.29, 0.717) is 15.4 Å². The second kappa shape index (κ2) is 5.25. The van der Waals surface area contributed by atoms with Crippen LogP contribution in [0.5, 0.6) is 0 Å². The summed E-state index contributed by atoms with van der Waals surface area (Å²) in [6, 6.07) is 7.98. The van der Waals surface area contributed by atoms with Crippen LogP contribution < -0.4 is 10.0 Å². The third-order valence-corrected chi connectivity index (χ3v) is 2.81. The molecular weight excluding hydrogens is 275 g/mol. The maximum Gasteiger partial charge on any atom is 0.263 e. The average molecular weight is 283 g/mol. The molecule has 2 rings (SSSR count). The van der Waals surface area contributed by atoms with Crippen molar-refractivity contribution in [2.75, 3.05) is 5.32 Å². The fourth-order valence-corrected chi connectivity index (χ4v) is 1.68. The molecule has 0 aliphatic heterocycles. The Hall–Kier alpha value is -1.78. The molecule has 1 amide bonds. The zero-order valence-corrected chi connectivity index (χ0v) is 10.6. The van der Waals surface area contributed by atoms with Crippen molar-refractivity contribution in [2.45, 2.75) is 0 Å². The Bertz CT molecular complexity index is 585. The van der Waals surface area contributed by atoms with Gasteiger partial charge in [0.25, 0.3) is 5.91 Å². The number of hydrogen-bond acceptors (Lipinski definition) is 2. The minimum atomic E-state index is -0.451. The molecule has 6 heteroatoms. The zero-order valence-electron chi connectivity index (χ0n) is 9.06. The molecule has 92 valence electrons. The number of carbonyl (C=O) groups is 1. The van der Waals surface area contributed by atoms with Gasteiger partial charge in [-0.15, -0.1) is 0 Å². The lowest BCUT2D eigenvalue weighted by Gasteiger charge is -2.06. The van der Waals surface area contributed by atoms with Crippen molar-refractivity contribution in [3.63, 3.8) is 0 Å². The van der Waals surface area contributed by atoms with Crippen LogP contribution in [-0.4, -0.2) is 5.91 Å². The third kappa shape index (κ3) is 2.91. The number of benzene rings is 1. The number of halogens is 2. The Labute approximate surface area is 113 Å². The van der Waals surface area contributed by atoms with Gasteiger partial charge in [-0.25, -0.2) is 0 Å². The van der Waals surface area contributed by atoms with Gasteiger partial charge in [-0.1, -0.05) is 23.2 Å². The average Bonchev–Trinajstić information content (AvgIpc) is 2.35. The normalized spacial score (nSPS) is 10.1. The first-order chi connectivity index (χ1) is 8.56. The predicted molar refractivity (Wildman–Crippen MR) is 69.8 cm³/mol. The van der Waals surface area contributed by atoms with E-state index in [0.717, 1.165) is 6.20 Å². The van der Waals surface area contributed by atoms with E-state index in [1.807, 2.05) is 0 Å². The molecule has 0 spiro atoms. The van der Waals surface area contributed by atoms with E-state index in [4.69, 9.17) is 23.2 Å². The van der Waals surface area contributed by atoms with Gasteiger partial charge in [0.15, 0.2) is 12.4 Å². The van der Waals surface area contributed by atoms with Crippen LogP contribution in [0.3, 0.4) is 0 Å². The van der Waals surface area contributed by atoms with Gasteiger partial charge < -0.3 is 10.5 Å². The molecule has 0 fully saturated rings. The van der Waals surface area contributed by atoms with E-state index in [-0.39, 0.29) is 10.6 Å². The third-order valence-electron chi connectivity index (χ3n) is 2.23. The van der Waals surface area contributed by atoms with Crippen molar-refractivity contribution in [3.05, 3.63) is 63.5 Å². The molecule has 1 aromatic carbocycles. The van der Waals surface area contributed by atoms with E-state index < -0.39 is 5.91 Å². The highest BCUT2D eigenvalue weighted by Crippen LogP contribution is 2.17. The largest absolute Gasteiger partial charge is 0.619 e. The van der Waals surface area contributed by atoms with Crippen LogP contribution in [0.1, 0.15) is 10.4 Å². The minimum absolute atomic E-state index is 0.115. The number of hydrogen-bond donors (Lipinski definition) is 1. The van der Waals surface area contributed by atoms with Gasteiger partial charge in [-0.3, -0.25) is 4.79 Å². The Morgan fingerprint density at radius 2 is 1.83 bits per heavy atom. The molecule has 18 heavy (non-hydrogen) atoms. The Balaban J connectivity index is 2.21. The van der Waals surface area contributed by atoms with E-state index in [9.17, 15) is 10.0 Å².